The summed E-state index contributed by atoms with van der Waals surface area (Å²) < 4.78 is 62.1. The molecule has 0 bridgehead atoms. The number of ether oxygens (including phenoxy) is 3. The Morgan fingerprint density at radius 3 is 2.00 bits per heavy atom. The summed E-state index contributed by atoms with van der Waals surface area (Å²) in [6, 6.07) is 0. The molecule has 0 aliphatic carbocycles. The molecule has 1 atom stereocenters. The van der Waals surface area contributed by atoms with Gasteiger partial charge in [0, 0.05) is 39.3 Å². The van der Waals surface area contributed by atoms with Crippen molar-refractivity contribution in [3.05, 3.63) is 7.11 Å². The van der Waals surface area contributed by atoms with Crippen LogP contribution in [0.2, 0.25) is 0 Å². The van der Waals surface area contributed by atoms with Crippen molar-refractivity contribution >= 4 is 7.80 Å². The summed E-state index contributed by atoms with van der Waals surface area (Å²) in [6.07, 6.45) is -3.85. The van der Waals surface area contributed by atoms with Gasteiger partial charge in [0.2, 0.25) is 5.67 Å². The van der Waals surface area contributed by atoms with Crippen LogP contribution < -0.4 is 0 Å². The average molecular weight is 396 g/mol. The van der Waals surface area contributed by atoms with Gasteiger partial charge in [-0.3, -0.25) is 0 Å². The van der Waals surface area contributed by atoms with Crippen molar-refractivity contribution in [3.8, 4) is 0 Å². The first-order chi connectivity index (χ1) is 8.60. The molecule has 0 aromatic carbocycles. The van der Waals surface area contributed by atoms with Crippen LogP contribution in [0.4, 0.5) is 13.2 Å². The predicted octanol–water partition coefficient (Wildman–Crippen LogP) is 2.97. The number of halogens is 3. The number of hydrogen-bond donors (Lipinski definition) is 0. The Labute approximate surface area is 144 Å². The van der Waals surface area contributed by atoms with Crippen molar-refractivity contribution in [1.29, 1.82) is 0 Å². The molecule has 0 aromatic heterocycles. The van der Waals surface area contributed by atoms with E-state index in [4.69, 9.17) is 0 Å². The van der Waals surface area contributed by atoms with Gasteiger partial charge in [-0.25, -0.2) is 11.5 Å². The fourth-order valence-corrected chi connectivity index (χ4v) is 0.797. The molecule has 1 radical (unpaired) electrons. The van der Waals surface area contributed by atoms with Crippen LogP contribution in [0.15, 0.2) is 0 Å². The Morgan fingerprint density at radius 2 is 1.65 bits per heavy atom. The minimum atomic E-state index is -3.85. The third-order valence-corrected chi connectivity index (χ3v) is 1.68. The summed E-state index contributed by atoms with van der Waals surface area (Å²) >= 11 is 0. The summed E-state index contributed by atoms with van der Waals surface area (Å²) in [4.78, 5) is 0. The Morgan fingerprint density at radius 1 is 1.20 bits per heavy atom. The predicted molar refractivity (Wildman–Crippen MR) is 69.1 cm³/mol. The third-order valence-electron chi connectivity index (χ3n) is 1.68. The van der Waals surface area contributed by atoms with E-state index in [0.29, 0.717) is 0 Å². The van der Waals surface area contributed by atoms with E-state index in [-0.39, 0.29) is 52.5 Å². The Bertz CT molecular complexity index is 252. The molecule has 121 valence electrons. The Kier molecular flexibility index (Phi) is 17.7. The zero-order chi connectivity index (χ0) is 15.5. The van der Waals surface area contributed by atoms with E-state index in [1.807, 2.05) is 0 Å². The number of alkyl halides is 3. The smallest absolute Gasteiger partial charge is 0.391 e. The molecule has 20 heavy (non-hydrogen) atoms. The molecule has 0 heterocycles. The second-order valence-electron chi connectivity index (χ2n) is 4.02. The Hall–Kier alpha value is 1.00. The van der Waals surface area contributed by atoms with Gasteiger partial charge in [-0.15, -0.1) is 0 Å². The fraction of sp³-hybridized carbons (Fsp3) is 0.909. The summed E-state index contributed by atoms with van der Waals surface area (Å²) in [5.74, 6) is 0. The first-order valence-corrected chi connectivity index (χ1v) is 8.14. The molecule has 0 aliphatic rings. The molecule has 0 aliphatic heterocycles. The maximum Gasteiger partial charge on any atom is 0.391 e. The quantitative estimate of drug-likeness (QED) is 0.360. The van der Waals surface area contributed by atoms with E-state index < -0.39 is 26.2 Å². The van der Waals surface area contributed by atoms with E-state index in [1.54, 1.807) is 13.3 Å². The van der Waals surface area contributed by atoms with Crippen LogP contribution in [0, 0.1) is 7.11 Å². The van der Waals surface area contributed by atoms with Gasteiger partial charge in [-0.2, -0.15) is 8.78 Å². The van der Waals surface area contributed by atoms with Crippen LogP contribution in [0.25, 0.3) is 0 Å². The molecule has 9 heteroatoms. The second kappa shape index (κ2) is 13.7. The number of hydrogen-bond acceptors (Lipinski definition) is 4. The maximum absolute atomic E-state index is 13.4. The molecular weight excluding hydrogens is 373 g/mol. The molecule has 0 fully saturated rings. The summed E-state index contributed by atoms with van der Waals surface area (Å²) in [5, 5.41) is 0. The molecule has 0 saturated heterocycles. The van der Waals surface area contributed by atoms with Crippen LogP contribution >= 0.6 is 7.80 Å². The minimum Gasteiger partial charge on any atom is -0.553 e. The zero-order valence-corrected chi connectivity index (χ0v) is 16.2. The largest absolute Gasteiger partial charge is 0.553 e. The SMILES string of the molecule is C[PH](C)=O.[CH2-]OCCOCC(C)(F)C(F)(F)OCC.[Y]. The third kappa shape index (κ3) is 14.0. The van der Waals surface area contributed by atoms with Crippen molar-refractivity contribution in [3.63, 3.8) is 0 Å². The Balaban J connectivity index is -0.000000508. The van der Waals surface area contributed by atoms with Crippen molar-refractivity contribution in [1.82, 2.24) is 0 Å². The van der Waals surface area contributed by atoms with Gasteiger partial charge in [-0.05, 0) is 27.2 Å². The van der Waals surface area contributed by atoms with E-state index in [1.165, 1.54) is 6.92 Å². The first kappa shape index (κ1) is 25.9. The second-order valence-corrected chi connectivity index (χ2v) is 5.83. The molecule has 0 saturated carbocycles. The van der Waals surface area contributed by atoms with Gasteiger partial charge >= 0.3 is 6.11 Å². The summed E-state index contributed by atoms with van der Waals surface area (Å²) in [7, 11) is 1.92. The van der Waals surface area contributed by atoms with Crippen LogP contribution in [-0.4, -0.2) is 51.5 Å². The molecule has 0 aromatic rings. The van der Waals surface area contributed by atoms with Gasteiger partial charge in [0.05, 0.1) is 27.6 Å². The average Bonchev–Trinajstić information content (AvgIpc) is 2.23. The molecular formula is C11H23F3O4PY-. The fourth-order valence-electron chi connectivity index (χ4n) is 0.797. The standard InChI is InChI=1S/C9H16F3O3.C2H7OP.Y/c1-4-15-9(11,12)8(2,10)7-14-6-5-13-3;1-4(2)3;/h3-7H2,1-2H3;4H,1-2H3;/q-1;;. The zero-order valence-electron chi connectivity index (χ0n) is 12.4. The monoisotopic (exact) mass is 396 g/mol. The molecule has 0 rings (SSSR count). The van der Waals surface area contributed by atoms with Gasteiger partial charge < -0.3 is 18.8 Å². The normalized spacial score (nSPS) is 14.1. The number of rotatable bonds is 8. The summed E-state index contributed by atoms with van der Waals surface area (Å²) in [5.41, 5.74) is -2.86. The van der Waals surface area contributed by atoms with E-state index in [9.17, 15) is 17.7 Å². The molecule has 1 unspecified atom stereocenters. The van der Waals surface area contributed by atoms with Gasteiger partial charge in [-0.1, -0.05) is 0 Å². The molecule has 4 nitrogen and oxygen atoms in total. The first-order valence-electron chi connectivity index (χ1n) is 5.73. The molecule has 0 N–H and O–H groups in total. The summed E-state index contributed by atoms with van der Waals surface area (Å²) in [6.45, 7) is 4.61. The van der Waals surface area contributed by atoms with Crippen LogP contribution in [0.1, 0.15) is 13.8 Å². The molecule has 0 spiro atoms. The van der Waals surface area contributed by atoms with Gasteiger partial charge in [0.15, 0.2) is 0 Å². The van der Waals surface area contributed by atoms with Gasteiger partial charge in [0.1, 0.15) is 0 Å². The van der Waals surface area contributed by atoms with Crippen molar-refractivity contribution in [2.45, 2.75) is 25.6 Å². The van der Waals surface area contributed by atoms with E-state index in [0.717, 1.165) is 6.92 Å². The molecule has 0 amide bonds. The topological polar surface area (TPSA) is 44.8 Å². The van der Waals surface area contributed by atoms with Crippen molar-refractivity contribution in [2.75, 3.05) is 39.8 Å². The van der Waals surface area contributed by atoms with Crippen LogP contribution in [0.3, 0.4) is 0 Å². The van der Waals surface area contributed by atoms with Crippen molar-refractivity contribution < 1.29 is 64.7 Å². The van der Waals surface area contributed by atoms with Crippen LogP contribution in [0.5, 0.6) is 0 Å². The maximum atomic E-state index is 13.4. The van der Waals surface area contributed by atoms with Gasteiger partial charge in [0.25, 0.3) is 0 Å². The van der Waals surface area contributed by atoms with E-state index in [2.05, 4.69) is 21.3 Å². The van der Waals surface area contributed by atoms with E-state index >= 15 is 0 Å². The van der Waals surface area contributed by atoms with Crippen molar-refractivity contribution in [2.24, 2.45) is 0 Å². The van der Waals surface area contributed by atoms with Crippen LogP contribution in [-0.2, 0) is 51.5 Å². The minimum absolute atomic E-state index is 0.